The summed E-state index contributed by atoms with van der Waals surface area (Å²) in [4.78, 5) is 12.5. The molecule has 0 bridgehead atoms. The Kier molecular flexibility index (Phi) is 17.8. The zero-order chi connectivity index (χ0) is 25.3. The summed E-state index contributed by atoms with van der Waals surface area (Å²) in [6.45, 7) is 2.26. The molecule has 0 aliphatic carbocycles. The van der Waals surface area contributed by atoms with E-state index in [-0.39, 0.29) is 0 Å². The monoisotopic (exact) mass is 495 g/mol. The molecule has 182 valence electrons. The summed E-state index contributed by atoms with van der Waals surface area (Å²) in [6, 6.07) is 7.24. The van der Waals surface area contributed by atoms with Crippen LogP contribution in [0.4, 0.5) is 58.9 Å². The van der Waals surface area contributed by atoms with Crippen molar-refractivity contribution in [2.75, 3.05) is 25.5 Å². The van der Waals surface area contributed by atoms with Crippen LogP contribution in [-0.4, -0.2) is 46.8 Å². The van der Waals surface area contributed by atoms with E-state index in [1.807, 2.05) is 11.8 Å². The van der Waals surface area contributed by atoms with E-state index in [4.69, 9.17) is 0 Å². The number of amides is 1. The molecule has 0 saturated heterocycles. The van der Waals surface area contributed by atoms with E-state index < -0.39 is 46.8 Å². The van der Waals surface area contributed by atoms with E-state index in [9.17, 15) is 53.2 Å². The van der Waals surface area contributed by atoms with Crippen molar-refractivity contribution in [2.24, 2.45) is 0 Å². The van der Waals surface area contributed by atoms with Crippen LogP contribution in [-0.2, 0) is 4.94 Å². The van der Waals surface area contributed by atoms with Gasteiger partial charge in [0.1, 0.15) is 8.07 Å². The highest BCUT2D eigenvalue weighted by atomic mass is 28.3. The molecule has 0 fully saturated rings. The van der Waals surface area contributed by atoms with Gasteiger partial charge in [0.15, 0.2) is 13.3 Å². The van der Waals surface area contributed by atoms with E-state index >= 15 is 0 Å². The lowest BCUT2D eigenvalue weighted by Gasteiger charge is -2.18. The van der Waals surface area contributed by atoms with Gasteiger partial charge in [-0.2, -0.15) is 31.3 Å². The number of rotatable bonds is 4. The lowest BCUT2D eigenvalue weighted by molar-refractivity contribution is -0.245. The lowest BCUT2D eigenvalue weighted by Crippen LogP contribution is -2.39. The molecule has 0 aromatic heterocycles. The maximum atomic E-state index is 12.1. The molecule has 0 spiro atoms. The standard InChI is InChI=1S/C11H14FNOSi.C2H2F4O.C2H2F4.CH2F2/c1-4-15(2,3)10-7-5-6-9(8-10)13-11(12)14;3-2(4,5)1-7-6;3-1-2(4,5)6;2-1-3/h4-8H,1H2,2-3H3,(H,13,14);1H2;1H2;1H2. The van der Waals surface area contributed by atoms with E-state index in [0.29, 0.717) is 5.69 Å². The molecular weight excluding hydrogens is 475 g/mol. The summed E-state index contributed by atoms with van der Waals surface area (Å²) in [5, 5.41) is 3.24. The van der Waals surface area contributed by atoms with Crippen molar-refractivity contribution in [3.8, 4) is 0 Å². The van der Waals surface area contributed by atoms with Crippen molar-refractivity contribution in [2.45, 2.75) is 25.4 Å². The number of carbonyl (C=O) groups is 1. The Morgan fingerprint density at radius 2 is 1.55 bits per heavy atom. The van der Waals surface area contributed by atoms with Gasteiger partial charge in [-0.1, -0.05) is 36.1 Å². The first-order valence-electron chi connectivity index (χ1n) is 7.75. The van der Waals surface area contributed by atoms with Crippen LogP contribution in [0.1, 0.15) is 0 Å². The SMILES string of the molecule is C=C[Si](C)(C)c1cccc(NC(=O)F)c1.FCC(F)(F)F.FCF.FOCC(F)(F)F. The highest BCUT2D eigenvalue weighted by molar-refractivity contribution is 6.93. The second kappa shape index (κ2) is 16.5. The molecule has 0 atom stereocenters. The number of halogens is 11. The predicted octanol–water partition coefficient (Wildman–Crippen LogP) is 6.68. The Hall–Kier alpha value is -2.16. The normalized spacial score (nSPS) is 10.9. The van der Waals surface area contributed by atoms with Gasteiger partial charge in [-0.05, 0) is 16.7 Å². The quantitative estimate of drug-likeness (QED) is 0.219. The third kappa shape index (κ3) is 24.0. The molecule has 0 saturated carbocycles. The van der Waals surface area contributed by atoms with Crippen LogP contribution >= 0.6 is 0 Å². The Bertz CT molecular complexity index is 622. The Morgan fingerprint density at radius 3 is 1.81 bits per heavy atom. The van der Waals surface area contributed by atoms with E-state index in [1.54, 1.807) is 18.2 Å². The van der Waals surface area contributed by atoms with Crippen LogP contribution in [0.5, 0.6) is 0 Å². The first-order chi connectivity index (χ1) is 14.0. The fourth-order valence-corrected chi connectivity index (χ4v) is 2.58. The summed E-state index contributed by atoms with van der Waals surface area (Å²) >= 11 is 0. The minimum atomic E-state index is -4.62. The second-order valence-electron chi connectivity index (χ2n) is 5.62. The first-order valence-corrected chi connectivity index (χ1v) is 10.8. The highest BCUT2D eigenvalue weighted by Gasteiger charge is 2.28. The number of alkyl halides is 9. The summed E-state index contributed by atoms with van der Waals surface area (Å²) in [5.74, 6) is 0. The number of hydrogen-bond acceptors (Lipinski definition) is 2. The van der Waals surface area contributed by atoms with Gasteiger partial charge in [-0.15, -0.1) is 11.0 Å². The zero-order valence-corrected chi connectivity index (χ0v) is 17.2. The second-order valence-corrected chi connectivity index (χ2v) is 10.1. The van der Waals surface area contributed by atoms with Crippen LogP contribution in [0.15, 0.2) is 36.5 Å². The van der Waals surface area contributed by atoms with Crippen molar-refractivity contribution >= 4 is 25.1 Å². The number of nitrogens with one attached hydrogen (secondary N) is 1. The fourth-order valence-electron chi connectivity index (χ4n) is 1.29. The van der Waals surface area contributed by atoms with Crippen LogP contribution in [0.3, 0.4) is 0 Å². The number of carbonyl (C=O) groups excluding carboxylic acids is 1. The first kappa shape index (κ1) is 33.5. The molecule has 0 unspecified atom stereocenters. The zero-order valence-electron chi connectivity index (χ0n) is 16.2. The van der Waals surface area contributed by atoms with Gasteiger partial charge < -0.3 is 0 Å². The molecule has 1 aromatic carbocycles. The highest BCUT2D eigenvalue weighted by Crippen LogP contribution is 2.14. The molecule has 0 radical (unpaired) electrons. The molecule has 1 amide bonds. The van der Waals surface area contributed by atoms with Crippen molar-refractivity contribution in [3.63, 3.8) is 0 Å². The van der Waals surface area contributed by atoms with Crippen LogP contribution in [0.25, 0.3) is 0 Å². The molecule has 3 nitrogen and oxygen atoms in total. The van der Waals surface area contributed by atoms with E-state index in [1.165, 1.54) is 0 Å². The average molecular weight is 495 g/mol. The maximum absolute atomic E-state index is 12.1. The van der Waals surface area contributed by atoms with Crippen molar-refractivity contribution in [1.29, 1.82) is 0 Å². The average Bonchev–Trinajstić information content (AvgIpc) is 2.61. The summed E-state index contributed by atoms with van der Waals surface area (Å²) in [7, 11) is -1.65. The molecule has 0 aliphatic heterocycles. The Balaban J connectivity index is -0.000000408. The number of hydrogen-bond donors (Lipinski definition) is 1. The predicted molar refractivity (Wildman–Crippen MR) is 96.1 cm³/mol. The largest absolute Gasteiger partial charge is 0.416 e. The molecule has 31 heavy (non-hydrogen) atoms. The topological polar surface area (TPSA) is 38.3 Å². The molecule has 1 N–H and O–H groups in total. The van der Waals surface area contributed by atoms with Crippen molar-refractivity contribution in [1.82, 2.24) is 0 Å². The Labute approximate surface area is 171 Å². The summed E-state index contributed by atoms with van der Waals surface area (Å²) < 4.78 is 115. The molecule has 15 heteroatoms. The van der Waals surface area contributed by atoms with Crippen molar-refractivity contribution < 1.29 is 58.2 Å². The summed E-state index contributed by atoms with van der Waals surface area (Å²) in [5.41, 5.74) is 2.44. The van der Waals surface area contributed by atoms with E-state index in [2.05, 4.69) is 29.9 Å². The van der Waals surface area contributed by atoms with Gasteiger partial charge in [0.2, 0.25) is 6.93 Å². The van der Waals surface area contributed by atoms with Gasteiger partial charge in [0, 0.05) is 5.69 Å². The van der Waals surface area contributed by atoms with Gasteiger partial charge in [0.05, 0.1) is 0 Å². The fraction of sp³-hybridized carbons (Fsp3) is 0.438. The third-order valence-corrected chi connectivity index (χ3v) is 5.55. The van der Waals surface area contributed by atoms with Crippen LogP contribution in [0, 0.1) is 0 Å². The molecule has 1 rings (SSSR count). The van der Waals surface area contributed by atoms with Crippen molar-refractivity contribution in [3.05, 3.63) is 36.5 Å². The van der Waals surface area contributed by atoms with Gasteiger partial charge in [-0.25, -0.2) is 18.0 Å². The third-order valence-electron chi connectivity index (χ3n) is 2.73. The van der Waals surface area contributed by atoms with Gasteiger partial charge in [-0.3, -0.25) is 5.32 Å². The lowest BCUT2D eigenvalue weighted by atomic mass is 10.3. The maximum Gasteiger partial charge on any atom is 0.416 e. The summed E-state index contributed by atoms with van der Waals surface area (Å²) in [6.07, 6.45) is -10.7. The molecule has 1 aromatic rings. The minimum absolute atomic E-state index is 0.488. The van der Waals surface area contributed by atoms with E-state index in [0.717, 1.165) is 5.19 Å². The van der Waals surface area contributed by atoms with Gasteiger partial charge >= 0.3 is 18.5 Å². The molecule has 0 aliphatic rings. The van der Waals surface area contributed by atoms with Crippen LogP contribution < -0.4 is 10.5 Å². The van der Waals surface area contributed by atoms with Crippen LogP contribution in [0.2, 0.25) is 13.1 Å². The number of benzene rings is 1. The smallest absolute Gasteiger partial charge is 0.298 e. The molecule has 0 heterocycles. The molecular formula is C16H20F11NO2Si. The minimum Gasteiger partial charge on any atom is -0.298 e. The Morgan fingerprint density at radius 1 is 1.10 bits per heavy atom. The van der Waals surface area contributed by atoms with Gasteiger partial charge in [0.25, 0.3) is 0 Å². The number of anilines is 1.